The zero-order chi connectivity index (χ0) is 30.5. The molecule has 244 valence electrons. The Morgan fingerprint density at radius 1 is 0.537 bits per heavy atom. The van der Waals surface area contributed by atoms with Crippen LogP contribution in [0, 0.1) is 0 Å². The topological polar surface area (TPSA) is 70.1 Å². The quantitative estimate of drug-likeness (QED) is 0.129. The smallest absolute Gasteiger partial charge is 0.0786 e. The van der Waals surface area contributed by atoms with Crippen LogP contribution in [-0.4, -0.2) is 73.3 Å². The summed E-state index contributed by atoms with van der Waals surface area (Å²) >= 11 is 0. The van der Waals surface area contributed by atoms with E-state index in [2.05, 4.69) is 55.5 Å². The standard InChI is InChI=1S/C16H36N.C13H30N.C7H6O2.H2O/c1-5-9-13-17(14-10-6-2,15-11-7-3)16-12-8-4;1-5-8-11-14(4,12-9-6-2)13-10-7-3;8-7(9)6-4-2-1-3-5-6;/h5-16H2,1-4H3;5-13H2,1-4H3;1-5H,(H,8,9);1H2/q2*+1;;/p-2. The Morgan fingerprint density at radius 2 is 0.805 bits per heavy atom. The van der Waals surface area contributed by atoms with Crippen molar-refractivity contribution < 1.29 is 24.3 Å². The molecule has 0 aromatic heterocycles. The summed E-state index contributed by atoms with van der Waals surface area (Å²) in [7, 11) is 2.45. The van der Waals surface area contributed by atoms with Gasteiger partial charge in [-0.1, -0.05) is 124 Å². The van der Waals surface area contributed by atoms with Crippen LogP contribution in [0.15, 0.2) is 30.3 Å². The number of aromatic carboxylic acids is 1. The second-order valence-corrected chi connectivity index (χ2v) is 12.2. The predicted octanol–water partition coefficient (Wildman–Crippen LogP) is 8.71. The summed E-state index contributed by atoms with van der Waals surface area (Å²) in [4.78, 5) is 10.1. The van der Waals surface area contributed by atoms with Crippen molar-refractivity contribution in [2.75, 3.05) is 52.9 Å². The van der Waals surface area contributed by atoms with E-state index in [0.717, 1.165) is 0 Å². The first-order valence-corrected chi connectivity index (χ1v) is 17.2. The first kappa shape index (κ1) is 44.0. The molecule has 0 radical (unpaired) electrons. The summed E-state index contributed by atoms with van der Waals surface area (Å²) in [5, 5.41) is 10.1. The SMILES string of the molecule is CCCC[N+](C)(CCCC)CCCC.CCCC[N+](CCCC)(CCCC)CCCC.O=C([O-])c1ccccc1.[OH-]. The first-order valence-electron chi connectivity index (χ1n) is 17.2. The van der Waals surface area contributed by atoms with Gasteiger partial charge >= 0.3 is 0 Å². The van der Waals surface area contributed by atoms with Crippen LogP contribution in [0.25, 0.3) is 0 Å². The van der Waals surface area contributed by atoms with Gasteiger partial charge in [0.15, 0.2) is 0 Å². The molecular weight excluding hydrogens is 508 g/mol. The molecule has 0 bridgehead atoms. The average Bonchev–Trinajstić information content (AvgIpc) is 2.98. The van der Waals surface area contributed by atoms with E-state index in [9.17, 15) is 9.90 Å². The van der Waals surface area contributed by atoms with Gasteiger partial charge in [-0.15, -0.1) is 0 Å². The minimum absolute atomic E-state index is 0. The number of unbranched alkanes of at least 4 members (excludes halogenated alkanes) is 7. The van der Waals surface area contributed by atoms with Gasteiger partial charge in [0, 0.05) is 0 Å². The van der Waals surface area contributed by atoms with Gasteiger partial charge in [0.05, 0.1) is 58.8 Å². The number of benzene rings is 1. The maximum absolute atomic E-state index is 10.1. The van der Waals surface area contributed by atoms with Crippen LogP contribution in [0.4, 0.5) is 0 Å². The van der Waals surface area contributed by atoms with Crippen molar-refractivity contribution in [1.82, 2.24) is 0 Å². The normalized spacial score (nSPS) is 11.0. The highest BCUT2D eigenvalue weighted by molar-refractivity contribution is 5.85. The number of nitrogens with zero attached hydrogens (tertiary/aromatic N) is 2. The Kier molecular flexibility index (Phi) is 32.3. The molecule has 0 amide bonds. The third-order valence-corrected chi connectivity index (χ3v) is 8.11. The number of hydrogen-bond acceptors (Lipinski definition) is 3. The van der Waals surface area contributed by atoms with E-state index >= 15 is 0 Å². The Hall–Kier alpha value is -1.43. The first-order chi connectivity index (χ1) is 19.2. The summed E-state index contributed by atoms with van der Waals surface area (Å²) in [6, 6.07) is 8.06. The minimum atomic E-state index is -1.13. The van der Waals surface area contributed by atoms with Crippen molar-refractivity contribution in [2.45, 2.75) is 138 Å². The van der Waals surface area contributed by atoms with E-state index in [-0.39, 0.29) is 11.0 Å². The van der Waals surface area contributed by atoms with Gasteiger partial charge in [-0.2, -0.15) is 0 Å². The highest BCUT2D eigenvalue weighted by Crippen LogP contribution is 2.16. The summed E-state index contributed by atoms with van der Waals surface area (Å²) in [6.45, 7) is 26.1. The molecule has 5 nitrogen and oxygen atoms in total. The number of carbonyl (C=O) groups is 1. The van der Waals surface area contributed by atoms with Crippen molar-refractivity contribution >= 4 is 5.97 Å². The minimum Gasteiger partial charge on any atom is -0.870 e. The Labute approximate surface area is 257 Å². The Bertz CT molecular complexity index is 607. The molecule has 0 spiro atoms. The maximum Gasteiger partial charge on any atom is 0.0786 e. The third kappa shape index (κ3) is 24.8. The van der Waals surface area contributed by atoms with Crippen molar-refractivity contribution in [3.63, 3.8) is 0 Å². The second-order valence-electron chi connectivity index (χ2n) is 12.2. The predicted molar refractivity (Wildman–Crippen MR) is 178 cm³/mol. The molecule has 0 aliphatic heterocycles. The molecule has 5 heteroatoms. The van der Waals surface area contributed by atoms with Crippen LogP contribution >= 0.6 is 0 Å². The zero-order valence-electron chi connectivity index (χ0n) is 28.9. The lowest BCUT2D eigenvalue weighted by Gasteiger charge is -2.39. The van der Waals surface area contributed by atoms with Crippen molar-refractivity contribution in [3.05, 3.63) is 35.9 Å². The molecule has 41 heavy (non-hydrogen) atoms. The molecule has 1 aromatic rings. The molecule has 1 aromatic carbocycles. The zero-order valence-corrected chi connectivity index (χ0v) is 28.9. The van der Waals surface area contributed by atoms with E-state index in [1.165, 1.54) is 157 Å². The summed E-state index contributed by atoms with van der Waals surface area (Å²) in [5.41, 5.74) is 0.220. The van der Waals surface area contributed by atoms with Crippen LogP contribution in [0.3, 0.4) is 0 Å². The Balaban J connectivity index is -0.000000543. The molecule has 0 aliphatic rings. The highest BCUT2D eigenvalue weighted by Gasteiger charge is 2.24. The monoisotopic (exact) mass is 581 g/mol. The van der Waals surface area contributed by atoms with Gasteiger partial charge in [0.25, 0.3) is 0 Å². The van der Waals surface area contributed by atoms with Crippen LogP contribution in [0.5, 0.6) is 0 Å². The fraction of sp³-hybridized carbons (Fsp3) is 0.806. The molecule has 1 rings (SSSR count). The molecule has 0 saturated heterocycles. The molecule has 0 saturated carbocycles. The molecule has 0 fully saturated rings. The molecular formula is C36H72N2O3. The van der Waals surface area contributed by atoms with E-state index in [0.29, 0.717) is 0 Å². The Morgan fingerprint density at radius 3 is 1.02 bits per heavy atom. The van der Waals surface area contributed by atoms with Gasteiger partial charge in [0.2, 0.25) is 0 Å². The number of rotatable bonds is 22. The molecule has 1 N–H and O–H groups in total. The van der Waals surface area contributed by atoms with E-state index in [1.807, 2.05) is 0 Å². The molecule has 0 atom stereocenters. The summed E-state index contributed by atoms with van der Waals surface area (Å²) < 4.78 is 2.74. The van der Waals surface area contributed by atoms with Crippen LogP contribution in [0.1, 0.15) is 149 Å². The molecule has 0 aliphatic carbocycles. The van der Waals surface area contributed by atoms with E-state index < -0.39 is 5.97 Å². The van der Waals surface area contributed by atoms with E-state index in [1.54, 1.807) is 18.2 Å². The van der Waals surface area contributed by atoms with Crippen molar-refractivity contribution in [1.29, 1.82) is 0 Å². The van der Waals surface area contributed by atoms with Gasteiger partial charge in [-0.25, -0.2) is 0 Å². The molecule has 0 heterocycles. The van der Waals surface area contributed by atoms with E-state index in [4.69, 9.17) is 0 Å². The second kappa shape index (κ2) is 30.0. The maximum atomic E-state index is 10.1. The number of hydrogen-bond donors (Lipinski definition) is 0. The highest BCUT2D eigenvalue weighted by atomic mass is 16.4. The number of carboxylic acid groups (broad SMARTS) is 1. The van der Waals surface area contributed by atoms with Crippen molar-refractivity contribution in [2.24, 2.45) is 0 Å². The van der Waals surface area contributed by atoms with Crippen molar-refractivity contribution in [3.8, 4) is 0 Å². The summed E-state index contributed by atoms with van der Waals surface area (Å²) in [5.74, 6) is -1.13. The number of quaternary nitrogens is 2. The van der Waals surface area contributed by atoms with Crippen LogP contribution in [-0.2, 0) is 0 Å². The number of carboxylic acids is 1. The third-order valence-electron chi connectivity index (χ3n) is 8.11. The van der Waals surface area contributed by atoms with Gasteiger partial charge in [-0.05, 0) is 50.5 Å². The van der Waals surface area contributed by atoms with Gasteiger partial charge in [0.1, 0.15) is 0 Å². The lowest BCUT2D eigenvalue weighted by Crippen LogP contribution is -2.50. The summed E-state index contributed by atoms with van der Waals surface area (Å²) in [6.07, 6.45) is 19.3. The lowest BCUT2D eigenvalue weighted by molar-refractivity contribution is -0.929. The fourth-order valence-electron chi connectivity index (χ4n) is 5.17. The lowest BCUT2D eigenvalue weighted by atomic mass is 10.1. The van der Waals surface area contributed by atoms with Crippen LogP contribution in [0.2, 0.25) is 0 Å². The average molecular weight is 581 g/mol. The van der Waals surface area contributed by atoms with Gasteiger partial charge < -0.3 is 24.3 Å². The largest absolute Gasteiger partial charge is 0.870 e. The molecule has 0 unspecified atom stereocenters. The van der Waals surface area contributed by atoms with Gasteiger partial charge in [-0.3, -0.25) is 0 Å². The fourth-order valence-corrected chi connectivity index (χ4v) is 5.17. The van der Waals surface area contributed by atoms with Crippen LogP contribution < -0.4 is 5.11 Å². The number of carbonyl (C=O) groups excluding carboxylic acids is 1.